The lowest BCUT2D eigenvalue weighted by molar-refractivity contribution is -0.139. The first kappa shape index (κ1) is 17.1. The third kappa shape index (κ3) is 5.93. The SMILES string of the molecule is CC(C)OCc1ccc(C(=O)N[C@@H](CCO)C(=O)O)cc1. The van der Waals surface area contributed by atoms with Crippen LogP contribution in [0.2, 0.25) is 0 Å². The first-order valence-corrected chi connectivity index (χ1v) is 6.79. The van der Waals surface area contributed by atoms with E-state index < -0.39 is 17.9 Å². The zero-order valence-electron chi connectivity index (χ0n) is 12.2. The quantitative estimate of drug-likeness (QED) is 0.669. The van der Waals surface area contributed by atoms with Gasteiger partial charge in [0.1, 0.15) is 6.04 Å². The Labute approximate surface area is 123 Å². The standard InChI is InChI=1S/C15H21NO5/c1-10(2)21-9-11-3-5-12(6-4-11)14(18)16-13(7-8-17)15(19)20/h3-6,10,13,17H,7-9H2,1-2H3,(H,16,18)(H,19,20)/t13-/m0/s1. The van der Waals surface area contributed by atoms with Crippen molar-refractivity contribution < 1.29 is 24.5 Å². The van der Waals surface area contributed by atoms with Gasteiger partial charge >= 0.3 is 5.97 Å². The molecular weight excluding hydrogens is 274 g/mol. The van der Waals surface area contributed by atoms with Gasteiger partial charge in [0.25, 0.3) is 5.91 Å². The van der Waals surface area contributed by atoms with E-state index in [1.54, 1.807) is 24.3 Å². The van der Waals surface area contributed by atoms with Crippen LogP contribution in [0, 0.1) is 0 Å². The van der Waals surface area contributed by atoms with Gasteiger partial charge in [0.2, 0.25) is 0 Å². The third-order valence-corrected chi connectivity index (χ3v) is 2.82. The van der Waals surface area contributed by atoms with E-state index >= 15 is 0 Å². The Balaban J connectivity index is 2.63. The van der Waals surface area contributed by atoms with E-state index in [0.717, 1.165) is 5.56 Å². The number of hydrogen-bond acceptors (Lipinski definition) is 4. The van der Waals surface area contributed by atoms with Gasteiger partial charge in [-0.25, -0.2) is 4.79 Å². The maximum Gasteiger partial charge on any atom is 0.326 e. The predicted octanol–water partition coefficient (Wildman–Crippen LogP) is 1.18. The third-order valence-electron chi connectivity index (χ3n) is 2.82. The van der Waals surface area contributed by atoms with E-state index in [1.165, 1.54) is 0 Å². The average molecular weight is 295 g/mol. The fourth-order valence-corrected chi connectivity index (χ4v) is 1.64. The number of carboxylic acids is 1. The summed E-state index contributed by atoms with van der Waals surface area (Å²) in [6.07, 6.45) is 0.101. The molecule has 0 aliphatic carbocycles. The second-order valence-electron chi connectivity index (χ2n) is 4.93. The highest BCUT2D eigenvalue weighted by Crippen LogP contribution is 2.08. The molecule has 0 bridgehead atoms. The van der Waals surface area contributed by atoms with Crippen molar-refractivity contribution in [1.29, 1.82) is 0 Å². The van der Waals surface area contributed by atoms with Gasteiger partial charge in [-0.05, 0) is 31.5 Å². The van der Waals surface area contributed by atoms with Crippen molar-refractivity contribution in [3.05, 3.63) is 35.4 Å². The molecule has 6 nitrogen and oxygen atoms in total. The lowest BCUT2D eigenvalue weighted by Crippen LogP contribution is -2.41. The van der Waals surface area contributed by atoms with Crippen LogP contribution in [-0.2, 0) is 16.1 Å². The minimum Gasteiger partial charge on any atom is -0.480 e. The van der Waals surface area contributed by atoms with Crippen LogP contribution in [0.5, 0.6) is 0 Å². The van der Waals surface area contributed by atoms with Gasteiger partial charge in [0.15, 0.2) is 0 Å². The molecule has 3 N–H and O–H groups in total. The molecule has 116 valence electrons. The van der Waals surface area contributed by atoms with Crippen LogP contribution in [0.25, 0.3) is 0 Å². The van der Waals surface area contributed by atoms with E-state index in [9.17, 15) is 9.59 Å². The smallest absolute Gasteiger partial charge is 0.326 e. The Kier molecular flexibility index (Phi) is 6.84. The molecule has 0 saturated heterocycles. The number of rotatable bonds is 8. The largest absolute Gasteiger partial charge is 0.480 e. The normalized spacial score (nSPS) is 12.2. The summed E-state index contributed by atoms with van der Waals surface area (Å²) >= 11 is 0. The van der Waals surface area contributed by atoms with Crippen LogP contribution in [-0.4, -0.2) is 40.8 Å². The molecule has 1 amide bonds. The molecule has 0 heterocycles. The van der Waals surface area contributed by atoms with Crippen molar-refractivity contribution in [3.8, 4) is 0 Å². The Morgan fingerprint density at radius 3 is 2.33 bits per heavy atom. The summed E-state index contributed by atoms with van der Waals surface area (Å²) in [5.74, 6) is -1.65. The molecule has 6 heteroatoms. The summed E-state index contributed by atoms with van der Waals surface area (Å²) in [6.45, 7) is 4.04. The van der Waals surface area contributed by atoms with Crippen molar-refractivity contribution in [2.24, 2.45) is 0 Å². The molecule has 0 aromatic heterocycles. The fourth-order valence-electron chi connectivity index (χ4n) is 1.64. The van der Waals surface area contributed by atoms with Crippen molar-refractivity contribution in [2.75, 3.05) is 6.61 Å². The summed E-state index contributed by atoms with van der Waals surface area (Å²) in [6, 6.07) is 5.67. The van der Waals surface area contributed by atoms with Crippen molar-refractivity contribution in [3.63, 3.8) is 0 Å². The molecule has 0 aliphatic heterocycles. The Morgan fingerprint density at radius 1 is 1.24 bits per heavy atom. The van der Waals surface area contributed by atoms with Crippen molar-refractivity contribution in [2.45, 2.75) is 39.0 Å². The van der Waals surface area contributed by atoms with Gasteiger partial charge in [0, 0.05) is 18.6 Å². The molecule has 0 unspecified atom stereocenters. The van der Waals surface area contributed by atoms with E-state index in [-0.39, 0.29) is 19.1 Å². The Bertz CT molecular complexity index is 469. The summed E-state index contributed by atoms with van der Waals surface area (Å²) in [5, 5.41) is 20.1. The number of carbonyl (C=O) groups is 2. The van der Waals surface area contributed by atoms with Gasteiger partial charge < -0.3 is 20.3 Å². The van der Waals surface area contributed by atoms with Gasteiger partial charge in [0.05, 0.1) is 12.7 Å². The molecule has 0 fully saturated rings. The number of amides is 1. The van der Waals surface area contributed by atoms with E-state index in [0.29, 0.717) is 12.2 Å². The predicted molar refractivity (Wildman–Crippen MR) is 77.0 cm³/mol. The zero-order chi connectivity index (χ0) is 15.8. The second kappa shape index (κ2) is 8.39. The number of nitrogens with one attached hydrogen (secondary N) is 1. The number of hydrogen-bond donors (Lipinski definition) is 3. The van der Waals surface area contributed by atoms with Crippen molar-refractivity contribution >= 4 is 11.9 Å². The monoisotopic (exact) mass is 295 g/mol. The maximum atomic E-state index is 11.9. The highest BCUT2D eigenvalue weighted by Gasteiger charge is 2.19. The summed E-state index contributed by atoms with van der Waals surface area (Å²) in [5.41, 5.74) is 1.30. The number of aliphatic carboxylic acids is 1. The van der Waals surface area contributed by atoms with Crippen LogP contribution < -0.4 is 5.32 Å². The molecule has 0 radical (unpaired) electrons. The number of aliphatic hydroxyl groups excluding tert-OH is 1. The molecule has 0 spiro atoms. The maximum absolute atomic E-state index is 11.9. The number of aliphatic hydroxyl groups is 1. The van der Waals surface area contributed by atoms with E-state index in [2.05, 4.69) is 5.32 Å². The second-order valence-corrected chi connectivity index (χ2v) is 4.93. The zero-order valence-corrected chi connectivity index (χ0v) is 12.2. The number of carbonyl (C=O) groups excluding carboxylic acids is 1. The minimum atomic E-state index is -1.17. The number of ether oxygens (including phenoxy) is 1. The van der Waals surface area contributed by atoms with Crippen LogP contribution in [0.3, 0.4) is 0 Å². The highest BCUT2D eigenvalue weighted by molar-refractivity contribution is 5.96. The van der Waals surface area contributed by atoms with Gasteiger partial charge in [-0.2, -0.15) is 0 Å². The Morgan fingerprint density at radius 2 is 1.86 bits per heavy atom. The van der Waals surface area contributed by atoms with Crippen molar-refractivity contribution in [1.82, 2.24) is 5.32 Å². The van der Waals surface area contributed by atoms with Gasteiger partial charge in [-0.15, -0.1) is 0 Å². The van der Waals surface area contributed by atoms with Crippen LogP contribution >= 0.6 is 0 Å². The van der Waals surface area contributed by atoms with E-state index in [4.69, 9.17) is 14.9 Å². The van der Waals surface area contributed by atoms with E-state index in [1.807, 2.05) is 13.8 Å². The van der Waals surface area contributed by atoms with Gasteiger partial charge in [-0.3, -0.25) is 4.79 Å². The molecule has 0 saturated carbocycles. The first-order chi connectivity index (χ1) is 9.93. The van der Waals surface area contributed by atoms with Crippen LogP contribution in [0.4, 0.5) is 0 Å². The number of benzene rings is 1. The molecule has 21 heavy (non-hydrogen) atoms. The molecule has 0 aliphatic rings. The lowest BCUT2D eigenvalue weighted by atomic mass is 10.1. The average Bonchev–Trinajstić information content (AvgIpc) is 2.45. The van der Waals surface area contributed by atoms with Crippen LogP contribution in [0.1, 0.15) is 36.2 Å². The molecule has 1 atom stereocenters. The summed E-state index contributed by atoms with van der Waals surface area (Å²) in [7, 11) is 0. The van der Waals surface area contributed by atoms with Gasteiger partial charge in [-0.1, -0.05) is 12.1 Å². The first-order valence-electron chi connectivity index (χ1n) is 6.79. The minimum absolute atomic E-state index is 0.0264. The topological polar surface area (TPSA) is 95.9 Å². The molecular formula is C15H21NO5. The Hall–Kier alpha value is -1.92. The highest BCUT2D eigenvalue weighted by atomic mass is 16.5. The molecule has 1 aromatic carbocycles. The summed E-state index contributed by atoms with van der Waals surface area (Å²) in [4.78, 5) is 22.8. The molecule has 1 aromatic rings. The summed E-state index contributed by atoms with van der Waals surface area (Å²) < 4.78 is 5.45. The lowest BCUT2D eigenvalue weighted by Gasteiger charge is -2.13. The molecule has 1 rings (SSSR count). The number of carboxylic acid groups (broad SMARTS) is 1. The van der Waals surface area contributed by atoms with Crippen LogP contribution in [0.15, 0.2) is 24.3 Å². The fraction of sp³-hybridized carbons (Fsp3) is 0.467.